The average molecular weight is 264 g/mol. The Bertz CT molecular complexity index is 388. The van der Waals surface area contributed by atoms with E-state index in [1.165, 1.54) is 7.11 Å². The van der Waals surface area contributed by atoms with Crippen LogP contribution in [-0.4, -0.2) is 17.8 Å². The lowest BCUT2D eigenvalue weighted by atomic mass is 9.92. The zero-order valence-corrected chi connectivity index (χ0v) is 10.9. The fourth-order valence-corrected chi connectivity index (χ4v) is 1.82. The molecule has 1 aromatic rings. The third kappa shape index (κ3) is 2.80. The van der Waals surface area contributed by atoms with Crippen LogP contribution in [0, 0.1) is 0 Å². The van der Waals surface area contributed by atoms with Gasteiger partial charge in [0.05, 0.1) is 23.3 Å². The highest BCUT2D eigenvalue weighted by Crippen LogP contribution is 2.36. The summed E-state index contributed by atoms with van der Waals surface area (Å²) >= 11 is 12.0. The molecule has 0 saturated carbocycles. The fourth-order valence-electron chi connectivity index (χ4n) is 1.31. The maximum Gasteiger partial charge on any atom is 0.138 e. The molecule has 0 aromatic heterocycles. The number of hydrogen-bond acceptors (Lipinski definition) is 3. The summed E-state index contributed by atoms with van der Waals surface area (Å²) in [6.07, 6.45) is -0.886. The second-order valence-electron chi connectivity index (χ2n) is 4.23. The molecule has 0 spiro atoms. The molecule has 3 N–H and O–H groups in total. The van der Waals surface area contributed by atoms with Crippen LogP contribution in [0.15, 0.2) is 12.1 Å². The van der Waals surface area contributed by atoms with Gasteiger partial charge in [0.15, 0.2) is 0 Å². The molecule has 3 nitrogen and oxygen atoms in total. The van der Waals surface area contributed by atoms with Crippen molar-refractivity contribution in [3.05, 3.63) is 27.7 Å². The number of nitrogens with two attached hydrogens (primary N) is 1. The van der Waals surface area contributed by atoms with E-state index in [-0.39, 0.29) is 0 Å². The van der Waals surface area contributed by atoms with Crippen molar-refractivity contribution in [1.82, 2.24) is 0 Å². The van der Waals surface area contributed by atoms with Gasteiger partial charge in [-0.1, -0.05) is 23.2 Å². The number of halogens is 2. The van der Waals surface area contributed by atoms with Crippen molar-refractivity contribution in [3.8, 4) is 5.75 Å². The van der Waals surface area contributed by atoms with E-state index in [0.717, 1.165) is 0 Å². The van der Waals surface area contributed by atoms with Gasteiger partial charge in [0.1, 0.15) is 5.75 Å². The smallest absolute Gasteiger partial charge is 0.138 e. The fraction of sp³-hybridized carbons (Fsp3) is 0.455. The van der Waals surface area contributed by atoms with E-state index in [1.54, 1.807) is 26.0 Å². The van der Waals surface area contributed by atoms with E-state index in [4.69, 9.17) is 33.7 Å². The number of benzene rings is 1. The first-order valence-electron chi connectivity index (χ1n) is 4.77. The minimum Gasteiger partial charge on any atom is -0.495 e. The van der Waals surface area contributed by atoms with Crippen molar-refractivity contribution >= 4 is 23.2 Å². The molecule has 0 amide bonds. The van der Waals surface area contributed by atoms with Crippen molar-refractivity contribution in [2.24, 2.45) is 5.73 Å². The monoisotopic (exact) mass is 263 g/mol. The molecule has 1 aromatic carbocycles. The molecule has 1 rings (SSSR count). The van der Waals surface area contributed by atoms with Crippen molar-refractivity contribution in [2.45, 2.75) is 25.5 Å². The van der Waals surface area contributed by atoms with Crippen LogP contribution in [0.1, 0.15) is 25.5 Å². The van der Waals surface area contributed by atoms with Gasteiger partial charge in [0.2, 0.25) is 0 Å². The maximum atomic E-state index is 10.0. The summed E-state index contributed by atoms with van der Waals surface area (Å²) in [5, 5.41) is 10.8. The third-order valence-corrected chi connectivity index (χ3v) is 2.89. The SMILES string of the molecule is COc1cc(Cl)c(C(O)C(C)(C)N)cc1Cl. The summed E-state index contributed by atoms with van der Waals surface area (Å²) in [5.74, 6) is 0.470. The Morgan fingerprint density at radius 3 is 2.31 bits per heavy atom. The molecule has 0 saturated heterocycles. The Hall–Kier alpha value is -0.480. The van der Waals surface area contributed by atoms with Crippen LogP contribution in [0.3, 0.4) is 0 Å². The Morgan fingerprint density at radius 2 is 1.88 bits per heavy atom. The lowest BCUT2D eigenvalue weighted by Gasteiger charge is -2.27. The Morgan fingerprint density at radius 1 is 1.31 bits per heavy atom. The number of ether oxygens (including phenoxy) is 1. The van der Waals surface area contributed by atoms with Crippen LogP contribution in [0.2, 0.25) is 10.0 Å². The Labute approximate surface area is 105 Å². The van der Waals surface area contributed by atoms with Crippen molar-refractivity contribution in [2.75, 3.05) is 7.11 Å². The summed E-state index contributed by atoms with van der Waals surface area (Å²) in [6.45, 7) is 3.43. The van der Waals surface area contributed by atoms with Gasteiger partial charge in [-0.2, -0.15) is 0 Å². The average Bonchev–Trinajstić information content (AvgIpc) is 2.18. The van der Waals surface area contributed by atoms with Crippen LogP contribution in [-0.2, 0) is 0 Å². The molecule has 0 aliphatic carbocycles. The largest absolute Gasteiger partial charge is 0.495 e. The molecule has 0 aliphatic rings. The van der Waals surface area contributed by atoms with E-state index < -0.39 is 11.6 Å². The van der Waals surface area contributed by atoms with Gasteiger partial charge in [-0.25, -0.2) is 0 Å². The van der Waals surface area contributed by atoms with E-state index in [1.807, 2.05) is 0 Å². The summed E-state index contributed by atoms with van der Waals surface area (Å²) < 4.78 is 5.02. The molecular weight excluding hydrogens is 249 g/mol. The van der Waals surface area contributed by atoms with Gasteiger partial charge in [0.25, 0.3) is 0 Å². The zero-order valence-electron chi connectivity index (χ0n) is 9.42. The van der Waals surface area contributed by atoms with E-state index in [0.29, 0.717) is 21.4 Å². The predicted octanol–water partition coefficient (Wildman–Crippen LogP) is 2.77. The van der Waals surface area contributed by atoms with Crippen LogP contribution in [0.5, 0.6) is 5.75 Å². The number of methoxy groups -OCH3 is 1. The molecule has 1 atom stereocenters. The topological polar surface area (TPSA) is 55.5 Å². The maximum absolute atomic E-state index is 10.0. The first-order chi connectivity index (χ1) is 7.27. The Balaban J connectivity index is 3.21. The molecule has 0 fully saturated rings. The minimum absolute atomic E-state index is 0.382. The van der Waals surface area contributed by atoms with Gasteiger partial charge in [-0.3, -0.25) is 0 Å². The molecule has 1 unspecified atom stereocenters. The lowest BCUT2D eigenvalue weighted by Crippen LogP contribution is -2.39. The zero-order chi connectivity index (χ0) is 12.5. The van der Waals surface area contributed by atoms with E-state index >= 15 is 0 Å². The van der Waals surface area contributed by atoms with Crippen molar-refractivity contribution in [3.63, 3.8) is 0 Å². The first kappa shape index (κ1) is 13.6. The van der Waals surface area contributed by atoms with Crippen LogP contribution >= 0.6 is 23.2 Å². The summed E-state index contributed by atoms with van der Waals surface area (Å²) in [6, 6.07) is 3.14. The Kier molecular flexibility index (Phi) is 4.07. The van der Waals surface area contributed by atoms with Crippen LogP contribution in [0.4, 0.5) is 0 Å². The lowest BCUT2D eigenvalue weighted by molar-refractivity contribution is 0.105. The summed E-state index contributed by atoms with van der Waals surface area (Å²) in [4.78, 5) is 0. The van der Waals surface area contributed by atoms with E-state index in [9.17, 15) is 5.11 Å². The third-order valence-electron chi connectivity index (χ3n) is 2.27. The van der Waals surface area contributed by atoms with Gasteiger partial charge in [0, 0.05) is 17.2 Å². The summed E-state index contributed by atoms with van der Waals surface area (Å²) in [5.41, 5.74) is 5.53. The highest BCUT2D eigenvalue weighted by atomic mass is 35.5. The summed E-state index contributed by atoms with van der Waals surface area (Å²) in [7, 11) is 1.50. The number of rotatable bonds is 3. The number of aliphatic hydroxyl groups excluding tert-OH is 1. The first-order valence-corrected chi connectivity index (χ1v) is 5.53. The highest BCUT2D eigenvalue weighted by molar-refractivity contribution is 6.34. The van der Waals surface area contributed by atoms with Crippen molar-refractivity contribution in [1.29, 1.82) is 0 Å². The minimum atomic E-state index is -0.886. The van der Waals surface area contributed by atoms with Crippen LogP contribution in [0.25, 0.3) is 0 Å². The molecule has 5 heteroatoms. The van der Waals surface area contributed by atoms with Gasteiger partial charge in [-0.15, -0.1) is 0 Å². The van der Waals surface area contributed by atoms with Crippen molar-refractivity contribution < 1.29 is 9.84 Å². The number of hydrogen-bond donors (Lipinski definition) is 2. The molecule has 0 bridgehead atoms. The molecule has 0 radical (unpaired) electrons. The second-order valence-corrected chi connectivity index (χ2v) is 5.05. The van der Waals surface area contributed by atoms with Gasteiger partial charge in [-0.05, 0) is 19.9 Å². The molecule has 0 aliphatic heterocycles. The number of aliphatic hydroxyl groups is 1. The quantitative estimate of drug-likeness (QED) is 0.882. The molecular formula is C11H15Cl2NO2. The normalized spacial score (nSPS) is 13.7. The predicted molar refractivity (Wildman–Crippen MR) is 66.2 cm³/mol. The highest BCUT2D eigenvalue weighted by Gasteiger charge is 2.27. The van der Waals surface area contributed by atoms with E-state index in [2.05, 4.69) is 0 Å². The molecule has 16 heavy (non-hydrogen) atoms. The standard InChI is InChI=1S/C11H15Cl2NO2/c1-11(2,14)10(15)6-4-8(13)9(16-3)5-7(6)12/h4-5,10,15H,14H2,1-3H3. The second kappa shape index (κ2) is 4.80. The molecule has 90 valence electrons. The molecule has 0 heterocycles. The van der Waals surface area contributed by atoms with Gasteiger partial charge >= 0.3 is 0 Å². The van der Waals surface area contributed by atoms with Gasteiger partial charge < -0.3 is 15.6 Å². The van der Waals surface area contributed by atoms with Crippen LogP contribution < -0.4 is 10.5 Å².